The van der Waals surface area contributed by atoms with Gasteiger partial charge in [-0.15, -0.1) is 23.1 Å². The fraction of sp³-hybridized carbons (Fsp3) is 0.308. The van der Waals surface area contributed by atoms with E-state index >= 15 is 0 Å². The van der Waals surface area contributed by atoms with E-state index in [1.165, 1.54) is 11.3 Å². The van der Waals surface area contributed by atoms with Crippen molar-refractivity contribution in [3.63, 3.8) is 0 Å². The third kappa shape index (κ3) is 3.71. The predicted molar refractivity (Wildman–Crippen MR) is 84.0 cm³/mol. The number of aromatic nitrogens is 2. The second-order valence-corrected chi connectivity index (χ2v) is 5.98. The van der Waals surface area contributed by atoms with E-state index in [0.29, 0.717) is 12.4 Å². The highest BCUT2D eigenvalue weighted by Crippen LogP contribution is 2.26. The topological polar surface area (TPSA) is 72.1 Å². The second kappa shape index (κ2) is 6.71. The van der Waals surface area contributed by atoms with Crippen LogP contribution in [0.2, 0.25) is 0 Å². The van der Waals surface area contributed by atoms with Crippen LogP contribution in [-0.2, 0) is 10.5 Å². The highest BCUT2D eigenvalue weighted by Gasteiger charge is 2.13. The highest BCUT2D eigenvalue weighted by molar-refractivity contribution is 7.98. The van der Waals surface area contributed by atoms with Gasteiger partial charge < -0.3 is 5.73 Å². The Morgan fingerprint density at radius 2 is 2.30 bits per heavy atom. The van der Waals surface area contributed by atoms with Gasteiger partial charge in [-0.25, -0.2) is 9.97 Å². The Bertz CT molecular complexity index is 582. The lowest BCUT2D eigenvalue weighted by atomic mass is 10.5. The van der Waals surface area contributed by atoms with E-state index in [1.807, 2.05) is 18.4 Å². The Morgan fingerprint density at radius 1 is 1.50 bits per heavy atom. The zero-order valence-electron chi connectivity index (χ0n) is 11.4. The summed E-state index contributed by atoms with van der Waals surface area (Å²) in [6, 6.07) is 3.72. The van der Waals surface area contributed by atoms with Gasteiger partial charge in [-0.3, -0.25) is 9.69 Å². The molecule has 0 aliphatic heterocycles. The molecule has 0 radical (unpaired) electrons. The maximum absolute atomic E-state index is 11.5. The molecule has 2 aromatic rings. The summed E-state index contributed by atoms with van der Waals surface area (Å²) in [6.07, 6.45) is 1.75. The molecule has 2 aromatic heterocycles. The summed E-state index contributed by atoms with van der Waals surface area (Å²) >= 11 is 3.14. The number of hydrogen-bond acceptors (Lipinski definition) is 6. The Hall–Kier alpha value is -1.60. The summed E-state index contributed by atoms with van der Waals surface area (Å²) in [5.41, 5.74) is 6.51. The molecule has 2 N–H and O–H groups in total. The molecule has 0 aromatic carbocycles. The molecule has 0 aliphatic carbocycles. The molecule has 106 valence electrons. The Balaban J connectivity index is 1.99. The van der Waals surface area contributed by atoms with Crippen molar-refractivity contribution in [3.8, 4) is 0 Å². The molecule has 0 unspecified atom stereocenters. The number of pyridine rings is 1. The number of hydrogen-bond donors (Lipinski definition) is 1. The van der Waals surface area contributed by atoms with Crippen LogP contribution in [0.25, 0.3) is 0 Å². The van der Waals surface area contributed by atoms with Gasteiger partial charge >= 0.3 is 0 Å². The molecule has 0 saturated heterocycles. The van der Waals surface area contributed by atoms with Crippen molar-refractivity contribution in [3.05, 3.63) is 29.4 Å². The first kappa shape index (κ1) is 14.8. The number of carbonyl (C=O) groups excluding carboxylic acids is 1. The van der Waals surface area contributed by atoms with E-state index < -0.39 is 0 Å². The summed E-state index contributed by atoms with van der Waals surface area (Å²) in [5, 5.41) is 2.74. The van der Waals surface area contributed by atoms with E-state index in [2.05, 4.69) is 9.97 Å². The molecule has 5 nitrogen and oxygen atoms in total. The number of anilines is 2. The number of nitrogens with two attached hydrogens (primary N) is 1. The van der Waals surface area contributed by atoms with Crippen molar-refractivity contribution >= 4 is 40.0 Å². The van der Waals surface area contributed by atoms with Crippen molar-refractivity contribution in [2.45, 2.75) is 24.5 Å². The van der Waals surface area contributed by atoms with E-state index in [1.54, 1.807) is 35.8 Å². The van der Waals surface area contributed by atoms with Gasteiger partial charge in [0.25, 0.3) is 0 Å². The van der Waals surface area contributed by atoms with E-state index in [4.69, 9.17) is 5.73 Å². The minimum Gasteiger partial charge on any atom is -0.384 e. The maximum atomic E-state index is 11.5. The molecule has 0 spiro atoms. The molecule has 0 aliphatic rings. The number of thiazole rings is 1. The smallest absolute Gasteiger partial charge is 0.225 e. The quantitative estimate of drug-likeness (QED) is 0.860. The van der Waals surface area contributed by atoms with Crippen LogP contribution in [0, 0.1) is 0 Å². The fourth-order valence-corrected chi connectivity index (χ4v) is 3.41. The molecule has 2 rings (SSSR count). The van der Waals surface area contributed by atoms with E-state index in [0.717, 1.165) is 21.5 Å². The first-order valence-electron chi connectivity index (χ1n) is 6.17. The van der Waals surface area contributed by atoms with Gasteiger partial charge in [-0.2, -0.15) is 0 Å². The predicted octanol–water partition coefficient (Wildman–Crippen LogP) is 2.79. The molecule has 0 bridgehead atoms. The molecular formula is C13H16N4OS2. The van der Waals surface area contributed by atoms with Gasteiger partial charge in [0.2, 0.25) is 5.91 Å². The van der Waals surface area contributed by atoms with Crippen LogP contribution < -0.4 is 10.6 Å². The minimum absolute atomic E-state index is 0.0174. The third-order valence-corrected chi connectivity index (χ3v) is 4.54. The van der Waals surface area contributed by atoms with Gasteiger partial charge in [-0.05, 0) is 19.1 Å². The van der Waals surface area contributed by atoms with Crippen molar-refractivity contribution in [1.29, 1.82) is 0 Å². The summed E-state index contributed by atoms with van der Waals surface area (Å²) < 4.78 is 0. The van der Waals surface area contributed by atoms with Gasteiger partial charge in [0.15, 0.2) is 5.13 Å². The Morgan fingerprint density at radius 3 is 2.90 bits per heavy atom. The van der Waals surface area contributed by atoms with Crippen LogP contribution in [0.1, 0.15) is 19.5 Å². The molecule has 0 atom stereocenters. The van der Waals surface area contributed by atoms with Crippen LogP contribution in [0.5, 0.6) is 0 Å². The average Bonchev–Trinajstić information content (AvgIpc) is 2.87. The van der Waals surface area contributed by atoms with Gasteiger partial charge in [0, 0.05) is 35.7 Å². The summed E-state index contributed by atoms with van der Waals surface area (Å²) in [4.78, 5) is 22.7. The molecule has 1 amide bonds. The zero-order valence-corrected chi connectivity index (χ0v) is 13.0. The van der Waals surface area contributed by atoms with Crippen LogP contribution in [0.4, 0.5) is 10.9 Å². The number of rotatable bonds is 5. The maximum Gasteiger partial charge on any atom is 0.225 e. The van der Waals surface area contributed by atoms with E-state index in [-0.39, 0.29) is 5.91 Å². The van der Waals surface area contributed by atoms with Crippen LogP contribution in [0.3, 0.4) is 0 Å². The minimum atomic E-state index is 0.0174. The standard InChI is InChI=1S/C13H16N4OS2/c1-3-17(9(2)18)13-16-10(8-20-13)7-19-11-4-5-12(14)15-6-11/h4-6,8H,3,7H2,1-2H3,(H2,14,15). The third-order valence-electron chi connectivity index (χ3n) is 2.61. The first-order valence-corrected chi connectivity index (χ1v) is 8.03. The molecule has 20 heavy (non-hydrogen) atoms. The summed E-state index contributed by atoms with van der Waals surface area (Å²) in [5.74, 6) is 1.28. The first-order chi connectivity index (χ1) is 9.60. The number of nitrogen functional groups attached to an aromatic ring is 1. The van der Waals surface area contributed by atoms with Crippen molar-refractivity contribution in [2.75, 3.05) is 17.2 Å². The largest absolute Gasteiger partial charge is 0.384 e. The average molecular weight is 308 g/mol. The van der Waals surface area contributed by atoms with Gasteiger partial charge in [-0.1, -0.05) is 0 Å². The molecule has 0 saturated carbocycles. The summed E-state index contributed by atoms with van der Waals surface area (Å²) in [7, 11) is 0. The number of nitrogens with zero attached hydrogens (tertiary/aromatic N) is 3. The van der Waals surface area contributed by atoms with Crippen LogP contribution in [-0.4, -0.2) is 22.4 Å². The summed E-state index contributed by atoms with van der Waals surface area (Å²) in [6.45, 7) is 4.13. The van der Waals surface area contributed by atoms with Crippen LogP contribution >= 0.6 is 23.1 Å². The molecule has 2 heterocycles. The molecule has 7 heteroatoms. The van der Waals surface area contributed by atoms with Crippen molar-refractivity contribution in [2.24, 2.45) is 0 Å². The highest BCUT2D eigenvalue weighted by atomic mass is 32.2. The van der Waals surface area contributed by atoms with Crippen molar-refractivity contribution < 1.29 is 4.79 Å². The number of carbonyl (C=O) groups is 1. The van der Waals surface area contributed by atoms with Gasteiger partial charge in [0.1, 0.15) is 5.82 Å². The second-order valence-electron chi connectivity index (χ2n) is 4.09. The monoisotopic (exact) mass is 308 g/mol. The number of amides is 1. The van der Waals surface area contributed by atoms with E-state index in [9.17, 15) is 4.79 Å². The van der Waals surface area contributed by atoms with Gasteiger partial charge in [0.05, 0.1) is 5.69 Å². The normalized spacial score (nSPS) is 10.5. The lowest BCUT2D eigenvalue weighted by molar-refractivity contribution is -0.116. The zero-order chi connectivity index (χ0) is 14.5. The van der Waals surface area contributed by atoms with Crippen LogP contribution in [0.15, 0.2) is 28.6 Å². The Labute approximate surface area is 126 Å². The van der Waals surface area contributed by atoms with Crippen molar-refractivity contribution in [1.82, 2.24) is 9.97 Å². The fourth-order valence-electron chi connectivity index (χ4n) is 1.61. The number of thioether (sulfide) groups is 1. The Kier molecular flexibility index (Phi) is 4.97. The molecular weight excluding hydrogens is 292 g/mol. The lowest BCUT2D eigenvalue weighted by Crippen LogP contribution is -2.27. The lowest BCUT2D eigenvalue weighted by Gasteiger charge is -2.14. The molecule has 0 fully saturated rings. The SMILES string of the molecule is CCN(C(C)=O)c1nc(CSc2ccc(N)nc2)cs1.